The van der Waals surface area contributed by atoms with Gasteiger partial charge in [-0.2, -0.15) is 0 Å². The van der Waals surface area contributed by atoms with Gasteiger partial charge in [-0.1, -0.05) is 6.07 Å². The van der Waals surface area contributed by atoms with Gasteiger partial charge in [-0.15, -0.1) is 11.3 Å². The molecule has 1 aromatic rings. The normalized spacial score (nSPS) is 11.5. The van der Waals surface area contributed by atoms with E-state index >= 15 is 0 Å². The molecule has 0 aromatic carbocycles. The highest BCUT2D eigenvalue weighted by molar-refractivity contribution is 7.10. The first-order valence-corrected chi connectivity index (χ1v) is 3.88. The minimum atomic E-state index is 0.766. The van der Waals surface area contributed by atoms with Crippen molar-refractivity contribution in [3.63, 3.8) is 0 Å². The number of hydrogen-bond donors (Lipinski definition) is 0. The van der Waals surface area contributed by atoms with E-state index in [1.807, 2.05) is 23.6 Å². The first-order valence-electron chi connectivity index (χ1n) is 3.00. The van der Waals surface area contributed by atoms with Crippen molar-refractivity contribution in [2.24, 2.45) is 0 Å². The summed E-state index contributed by atoms with van der Waals surface area (Å²) in [4.78, 5) is 11.3. The summed E-state index contributed by atoms with van der Waals surface area (Å²) in [5.74, 6) is 0. The number of thiophene rings is 1. The van der Waals surface area contributed by atoms with Gasteiger partial charge in [-0.25, -0.2) is 0 Å². The topological polar surface area (TPSA) is 17.1 Å². The van der Waals surface area contributed by atoms with Crippen LogP contribution >= 0.6 is 11.3 Å². The van der Waals surface area contributed by atoms with Gasteiger partial charge >= 0.3 is 0 Å². The van der Waals surface area contributed by atoms with Gasteiger partial charge in [0.1, 0.15) is 6.29 Å². The molecular weight excluding hydrogens is 144 g/mol. The van der Waals surface area contributed by atoms with E-state index in [1.165, 1.54) is 0 Å². The molecule has 0 aliphatic carbocycles. The molecule has 1 nitrogen and oxygen atoms in total. The van der Waals surface area contributed by atoms with Crippen molar-refractivity contribution in [2.45, 2.75) is 6.92 Å². The van der Waals surface area contributed by atoms with Crippen molar-refractivity contribution in [1.82, 2.24) is 0 Å². The summed E-state index contributed by atoms with van der Waals surface area (Å²) in [5, 5.41) is 1.99. The first-order chi connectivity index (χ1) is 4.83. The lowest BCUT2D eigenvalue weighted by Gasteiger charge is -1.83. The van der Waals surface area contributed by atoms with E-state index in [1.54, 1.807) is 18.3 Å². The summed E-state index contributed by atoms with van der Waals surface area (Å²) < 4.78 is 0. The lowest BCUT2D eigenvalue weighted by atomic mass is 10.3. The summed E-state index contributed by atoms with van der Waals surface area (Å²) in [7, 11) is 0. The highest BCUT2D eigenvalue weighted by atomic mass is 32.1. The van der Waals surface area contributed by atoms with E-state index in [2.05, 4.69) is 0 Å². The fourth-order valence-corrected chi connectivity index (χ4v) is 1.36. The summed E-state index contributed by atoms with van der Waals surface area (Å²) >= 11 is 1.63. The Morgan fingerprint density at radius 1 is 1.70 bits per heavy atom. The Balaban J connectivity index is 2.80. The van der Waals surface area contributed by atoms with Gasteiger partial charge in [-0.05, 0) is 30.0 Å². The Hall–Kier alpha value is -0.890. The average molecular weight is 152 g/mol. The van der Waals surface area contributed by atoms with Crippen molar-refractivity contribution < 1.29 is 4.79 Å². The Morgan fingerprint density at radius 3 is 3.00 bits per heavy atom. The number of carbonyl (C=O) groups excluding carboxylic acids is 1. The molecule has 0 aliphatic heterocycles. The third-order valence-electron chi connectivity index (χ3n) is 1.10. The smallest absolute Gasteiger partial charge is 0.145 e. The van der Waals surface area contributed by atoms with E-state index in [4.69, 9.17) is 0 Å². The van der Waals surface area contributed by atoms with Gasteiger partial charge in [-0.3, -0.25) is 4.79 Å². The van der Waals surface area contributed by atoms with Gasteiger partial charge < -0.3 is 0 Å². The van der Waals surface area contributed by atoms with Crippen molar-refractivity contribution >= 4 is 23.7 Å². The molecule has 1 heterocycles. The van der Waals surface area contributed by atoms with Gasteiger partial charge in [0.2, 0.25) is 0 Å². The van der Waals surface area contributed by atoms with E-state index in [-0.39, 0.29) is 0 Å². The Morgan fingerprint density at radius 2 is 2.50 bits per heavy atom. The molecule has 1 aromatic heterocycles. The van der Waals surface area contributed by atoms with Crippen molar-refractivity contribution in [1.29, 1.82) is 0 Å². The molecule has 0 amide bonds. The van der Waals surface area contributed by atoms with E-state index in [9.17, 15) is 4.79 Å². The zero-order valence-corrected chi connectivity index (χ0v) is 6.52. The number of allylic oxidation sites excluding steroid dienone is 1. The van der Waals surface area contributed by atoms with Gasteiger partial charge in [0.25, 0.3) is 0 Å². The van der Waals surface area contributed by atoms with Crippen molar-refractivity contribution in [3.05, 3.63) is 28.0 Å². The van der Waals surface area contributed by atoms with Crippen LogP contribution in [0.25, 0.3) is 6.08 Å². The minimum Gasteiger partial charge on any atom is -0.298 e. The predicted octanol–water partition coefficient (Wildman–Crippen LogP) is 2.35. The second-order valence-electron chi connectivity index (χ2n) is 2.02. The average Bonchev–Trinajstić information content (AvgIpc) is 2.40. The maximum atomic E-state index is 10.2. The summed E-state index contributed by atoms with van der Waals surface area (Å²) in [6.45, 7) is 1.80. The molecule has 0 N–H and O–H groups in total. The lowest BCUT2D eigenvalue weighted by Crippen LogP contribution is -1.72. The lowest BCUT2D eigenvalue weighted by molar-refractivity contribution is -0.104. The van der Waals surface area contributed by atoms with Crippen LogP contribution in [-0.4, -0.2) is 6.29 Å². The molecule has 0 saturated carbocycles. The molecule has 1 rings (SSSR count). The quantitative estimate of drug-likeness (QED) is 0.469. The second kappa shape index (κ2) is 3.32. The third-order valence-corrected chi connectivity index (χ3v) is 1.92. The van der Waals surface area contributed by atoms with E-state index < -0.39 is 0 Å². The molecule has 0 atom stereocenters. The molecule has 0 unspecified atom stereocenters. The van der Waals surface area contributed by atoms with Crippen molar-refractivity contribution in [2.75, 3.05) is 0 Å². The van der Waals surface area contributed by atoms with Crippen LogP contribution in [0.2, 0.25) is 0 Å². The van der Waals surface area contributed by atoms with Crippen LogP contribution in [0, 0.1) is 0 Å². The largest absolute Gasteiger partial charge is 0.298 e. The van der Waals surface area contributed by atoms with Crippen LogP contribution < -0.4 is 0 Å². The summed E-state index contributed by atoms with van der Waals surface area (Å²) in [5.41, 5.74) is 0.766. The van der Waals surface area contributed by atoms with Crippen molar-refractivity contribution in [3.8, 4) is 0 Å². The summed E-state index contributed by atoms with van der Waals surface area (Å²) in [6.07, 6.45) is 2.73. The first kappa shape index (κ1) is 7.22. The number of hydrogen-bond acceptors (Lipinski definition) is 2. The fraction of sp³-hybridized carbons (Fsp3) is 0.125. The maximum Gasteiger partial charge on any atom is 0.145 e. The zero-order valence-electron chi connectivity index (χ0n) is 5.70. The monoisotopic (exact) mass is 152 g/mol. The highest BCUT2D eigenvalue weighted by Gasteiger charge is 1.87. The fourth-order valence-electron chi connectivity index (χ4n) is 0.632. The third kappa shape index (κ3) is 1.81. The SMILES string of the molecule is C/C(C=O)=C\c1cccs1. The molecule has 0 spiro atoms. The molecule has 52 valence electrons. The molecule has 0 fully saturated rings. The van der Waals surface area contributed by atoms with Gasteiger partial charge in [0.05, 0.1) is 0 Å². The molecular formula is C8H8OS. The van der Waals surface area contributed by atoms with Crippen LogP contribution in [0.3, 0.4) is 0 Å². The Bertz CT molecular complexity index is 234. The molecule has 0 aliphatic rings. The summed E-state index contributed by atoms with van der Waals surface area (Å²) in [6, 6.07) is 3.95. The second-order valence-corrected chi connectivity index (χ2v) is 3.00. The number of carbonyl (C=O) groups is 1. The molecule has 0 bridgehead atoms. The van der Waals surface area contributed by atoms with Crippen LogP contribution in [0.1, 0.15) is 11.8 Å². The molecule has 0 radical (unpaired) electrons. The maximum absolute atomic E-state index is 10.2. The van der Waals surface area contributed by atoms with Crippen LogP contribution in [0.15, 0.2) is 23.1 Å². The molecule has 0 saturated heterocycles. The van der Waals surface area contributed by atoms with E-state index in [0.717, 1.165) is 16.7 Å². The van der Waals surface area contributed by atoms with Crippen LogP contribution in [0.4, 0.5) is 0 Å². The number of aldehydes is 1. The minimum absolute atomic E-state index is 0.766. The number of rotatable bonds is 2. The molecule has 2 heteroatoms. The Labute approximate surface area is 64.0 Å². The van der Waals surface area contributed by atoms with Gasteiger partial charge in [0, 0.05) is 4.88 Å². The zero-order chi connectivity index (χ0) is 7.40. The standard InChI is InChI=1S/C8H8OS/c1-7(6-9)5-8-3-2-4-10-8/h2-6H,1H3/b7-5+. The Kier molecular flexibility index (Phi) is 2.40. The predicted molar refractivity (Wildman–Crippen MR) is 44.0 cm³/mol. The van der Waals surface area contributed by atoms with Crippen LogP contribution in [0.5, 0.6) is 0 Å². The van der Waals surface area contributed by atoms with E-state index in [0.29, 0.717) is 0 Å². The van der Waals surface area contributed by atoms with Crippen LogP contribution in [-0.2, 0) is 4.79 Å². The molecule has 10 heavy (non-hydrogen) atoms. The highest BCUT2D eigenvalue weighted by Crippen LogP contribution is 2.11. The van der Waals surface area contributed by atoms with Gasteiger partial charge in [0.15, 0.2) is 0 Å².